The van der Waals surface area contributed by atoms with Crippen LogP contribution in [0.5, 0.6) is 0 Å². The minimum absolute atomic E-state index is 0.282. The summed E-state index contributed by atoms with van der Waals surface area (Å²) >= 11 is 0. The third-order valence-corrected chi connectivity index (χ3v) is 3.40. The average molecular weight is 255 g/mol. The molecule has 1 aliphatic heterocycles. The van der Waals surface area contributed by atoms with E-state index in [4.69, 9.17) is 5.53 Å². The van der Waals surface area contributed by atoms with Gasteiger partial charge in [-0.2, -0.15) is 0 Å². The molecule has 1 fully saturated rings. The van der Waals surface area contributed by atoms with Gasteiger partial charge >= 0.3 is 5.97 Å². The van der Waals surface area contributed by atoms with Crippen LogP contribution >= 0.6 is 0 Å². The van der Waals surface area contributed by atoms with Gasteiger partial charge in [0.1, 0.15) is 5.54 Å². The number of piperidine rings is 1. The van der Waals surface area contributed by atoms with Crippen LogP contribution in [-0.4, -0.2) is 54.2 Å². The van der Waals surface area contributed by atoms with Crippen molar-refractivity contribution >= 4 is 5.97 Å². The molecule has 0 atom stereocenters. The molecule has 2 N–H and O–H groups in total. The molecule has 7 nitrogen and oxygen atoms in total. The van der Waals surface area contributed by atoms with Gasteiger partial charge in [-0.3, -0.25) is 4.79 Å². The summed E-state index contributed by atoms with van der Waals surface area (Å²) in [4.78, 5) is 16.4. The van der Waals surface area contributed by atoms with Crippen molar-refractivity contribution in [1.82, 2.24) is 10.2 Å². The summed E-state index contributed by atoms with van der Waals surface area (Å²) in [5.41, 5.74) is 7.33. The van der Waals surface area contributed by atoms with Gasteiger partial charge in [0.2, 0.25) is 0 Å². The number of hydrogen-bond acceptors (Lipinski definition) is 4. The van der Waals surface area contributed by atoms with E-state index in [0.717, 1.165) is 26.1 Å². The van der Waals surface area contributed by atoms with E-state index in [1.165, 1.54) is 0 Å². The van der Waals surface area contributed by atoms with Crippen molar-refractivity contribution in [2.75, 3.05) is 32.7 Å². The number of carbonyl (C=O) groups is 1. The van der Waals surface area contributed by atoms with Gasteiger partial charge in [-0.25, -0.2) is 0 Å². The second kappa shape index (κ2) is 7.20. The monoisotopic (exact) mass is 255 g/mol. The predicted molar refractivity (Wildman–Crippen MR) is 68.3 cm³/mol. The Balaban J connectivity index is 2.50. The Morgan fingerprint density at radius 3 is 2.72 bits per heavy atom. The third kappa shape index (κ3) is 3.87. The molecule has 1 heterocycles. The summed E-state index contributed by atoms with van der Waals surface area (Å²) in [5, 5.41) is 15.8. The first-order valence-electron chi connectivity index (χ1n) is 6.36. The molecular weight excluding hydrogens is 234 g/mol. The number of rotatable bonds is 7. The van der Waals surface area contributed by atoms with Gasteiger partial charge in [0.15, 0.2) is 0 Å². The molecule has 7 heteroatoms. The zero-order valence-corrected chi connectivity index (χ0v) is 10.8. The Kier molecular flexibility index (Phi) is 5.91. The van der Waals surface area contributed by atoms with Crippen molar-refractivity contribution in [1.29, 1.82) is 0 Å². The summed E-state index contributed by atoms with van der Waals surface area (Å²) in [5.74, 6) is -0.806. The van der Waals surface area contributed by atoms with Crippen molar-refractivity contribution in [3.8, 4) is 0 Å². The molecule has 0 aromatic carbocycles. The molecule has 1 saturated heterocycles. The Labute approximate surface area is 107 Å². The maximum absolute atomic E-state index is 11.4. The number of carboxylic acid groups (broad SMARTS) is 1. The molecule has 0 saturated carbocycles. The molecule has 0 aromatic heterocycles. The molecule has 0 unspecified atom stereocenters. The molecule has 1 aliphatic rings. The molecule has 18 heavy (non-hydrogen) atoms. The Hall–Kier alpha value is -1.30. The zero-order valence-electron chi connectivity index (χ0n) is 10.8. The van der Waals surface area contributed by atoms with Crippen molar-refractivity contribution < 1.29 is 9.90 Å². The maximum atomic E-state index is 11.4. The highest BCUT2D eigenvalue weighted by Crippen LogP contribution is 2.22. The largest absolute Gasteiger partial charge is 0.480 e. The smallest absolute Gasteiger partial charge is 0.323 e. The van der Waals surface area contributed by atoms with Crippen molar-refractivity contribution in [3.05, 3.63) is 10.4 Å². The van der Waals surface area contributed by atoms with Crippen LogP contribution in [0.15, 0.2) is 5.11 Å². The molecule has 0 bridgehead atoms. The SMILES string of the molecule is CCCN1CCC(NCCN=[N+]=[N-])(C(=O)O)CC1. The van der Waals surface area contributed by atoms with Crippen LogP contribution in [0.25, 0.3) is 10.4 Å². The molecule has 0 amide bonds. The molecule has 102 valence electrons. The van der Waals surface area contributed by atoms with Crippen molar-refractivity contribution in [3.63, 3.8) is 0 Å². The van der Waals surface area contributed by atoms with Crippen LogP contribution in [0.1, 0.15) is 26.2 Å². The van der Waals surface area contributed by atoms with Crippen molar-refractivity contribution in [2.45, 2.75) is 31.7 Å². The normalized spacial score (nSPS) is 19.2. The van der Waals surface area contributed by atoms with Gasteiger partial charge in [0.25, 0.3) is 0 Å². The summed E-state index contributed by atoms with van der Waals surface area (Å²) in [6.45, 7) is 5.43. The van der Waals surface area contributed by atoms with E-state index in [2.05, 4.69) is 27.2 Å². The fourth-order valence-corrected chi connectivity index (χ4v) is 2.33. The summed E-state index contributed by atoms with van der Waals surface area (Å²) in [7, 11) is 0. The second-order valence-corrected chi connectivity index (χ2v) is 4.61. The number of hydrogen-bond donors (Lipinski definition) is 2. The van der Waals surface area contributed by atoms with Crippen molar-refractivity contribution in [2.24, 2.45) is 5.11 Å². The highest BCUT2D eigenvalue weighted by Gasteiger charge is 2.40. The first-order chi connectivity index (χ1) is 8.64. The quantitative estimate of drug-likeness (QED) is 0.309. The summed E-state index contributed by atoms with van der Waals surface area (Å²) in [6.07, 6.45) is 2.28. The fraction of sp³-hybridized carbons (Fsp3) is 0.909. The Morgan fingerprint density at radius 1 is 1.56 bits per heavy atom. The first kappa shape index (κ1) is 14.8. The highest BCUT2D eigenvalue weighted by atomic mass is 16.4. The van der Waals surface area contributed by atoms with Gasteiger partial charge in [0, 0.05) is 31.1 Å². The van der Waals surface area contributed by atoms with Crippen LogP contribution < -0.4 is 5.32 Å². The third-order valence-electron chi connectivity index (χ3n) is 3.40. The standard InChI is InChI=1S/C11H21N5O2/c1-2-7-16-8-3-11(4-9-16,10(17)18)13-5-6-14-15-12/h13H,2-9H2,1H3,(H,17,18). The summed E-state index contributed by atoms with van der Waals surface area (Å²) in [6, 6.07) is 0. The number of nitrogens with one attached hydrogen (secondary N) is 1. The van der Waals surface area contributed by atoms with E-state index in [1.807, 2.05) is 0 Å². The van der Waals surface area contributed by atoms with E-state index in [1.54, 1.807) is 0 Å². The zero-order chi connectivity index (χ0) is 13.4. The van der Waals surface area contributed by atoms with Gasteiger partial charge in [-0.05, 0) is 31.3 Å². The number of nitrogens with zero attached hydrogens (tertiary/aromatic N) is 4. The van der Waals surface area contributed by atoms with Crippen LogP contribution in [0.2, 0.25) is 0 Å². The van der Waals surface area contributed by atoms with Gasteiger partial charge in [0.05, 0.1) is 0 Å². The fourth-order valence-electron chi connectivity index (χ4n) is 2.33. The van der Waals surface area contributed by atoms with Crippen LogP contribution in [0.4, 0.5) is 0 Å². The lowest BCUT2D eigenvalue weighted by atomic mass is 9.87. The molecule has 0 radical (unpaired) electrons. The van der Waals surface area contributed by atoms with Crippen LogP contribution in [0, 0.1) is 0 Å². The lowest BCUT2D eigenvalue weighted by Crippen LogP contribution is -2.58. The molecule has 0 aromatic rings. The molecular formula is C11H21N5O2. The van der Waals surface area contributed by atoms with E-state index < -0.39 is 11.5 Å². The van der Waals surface area contributed by atoms with E-state index in [9.17, 15) is 9.90 Å². The first-order valence-corrected chi connectivity index (χ1v) is 6.36. The second-order valence-electron chi connectivity index (χ2n) is 4.61. The van der Waals surface area contributed by atoms with E-state index >= 15 is 0 Å². The van der Waals surface area contributed by atoms with Crippen LogP contribution in [0.3, 0.4) is 0 Å². The predicted octanol–water partition coefficient (Wildman–Crippen LogP) is 1.22. The lowest BCUT2D eigenvalue weighted by Gasteiger charge is -2.39. The maximum Gasteiger partial charge on any atom is 0.323 e. The number of aliphatic carboxylic acids is 1. The molecule has 0 aliphatic carbocycles. The van der Waals surface area contributed by atoms with Crippen LogP contribution in [-0.2, 0) is 4.79 Å². The summed E-state index contributed by atoms with van der Waals surface area (Å²) < 4.78 is 0. The van der Waals surface area contributed by atoms with E-state index in [-0.39, 0.29) is 6.54 Å². The molecule has 0 spiro atoms. The number of likely N-dealkylation sites (tertiary alicyclic amines) is 1. The highest BCUT2D eigenvalue weighted by molar-refractivity contribution is 5.79. The lowest BCUT2D eigenvalue weighted by molar-refractivity contribution is -0.147. The number of carboxylic acids is 1. The minimum atomic E-state index is -0.852. The minimum Gasteiger partial charge on any atom is -0.480 e. The topological polar surface area (TPSA) is 101 Å². The van der Waals surface area contributed by atoms with E-state index in [0.29, 0.717) is 19.4 Å². The molecule has 1 rings (SSSR count). The van der Waals surface area contributed by atoms with Gasteiger partial charge in [-0.15, -0.1) is 0 Å². The average Bonchev–Trinajstić information content (AvgIpc) is 2.37. The Bertz CT molecular complexity index is 319. The van der Waals surface area contributed by atoms with Gasteiger partial charge < -0.3 is 15.3 Å². The Morgan fingerprint density at radius 2 is 2.22 bits per heavy atom. The van der Waals surface area contributed by atoms with Gasteiger partial charge in [-0.1, -0.05) is 12.0 Å². The number of azide groups is 1.